The summed E-state index contributed by atoms with van der Waals surface area (Å²) in [5, 5.41) is 43.1. The van der Waals surface area contributed by atoms with E-state index in [4.69, 9.17) is 26.6 Å². The fourth-order valence-corrected chi connectivity index (χ4v) is 5.40. The Hall–Kier alpha value is -5.49. The van der Waals surface area contributed by atoms with Crippen LogP contribution in [0.25, 0.3) is 16.7 Å². The number of nitrogens with one attached hydrogen (secondary N) is 1. The van der Waals surface area contributed by atoms with Crippen molar-refractivity contribution >= 4 is 46.0 Å². The second-order valence-corrected chi connectivity index (χ2v) is 10.8. The highest BCUT2D eigenvalue weighted by Crippen LogP contribution is 2.32. The second kappa shape index (κ2) is 11.9. The number of hydrogen-bond donors (Lipinski definition) is 4. The van der Waals surface area contributed by atoms with Crippen molar-refractivity contribution in [1.82, 2.24) is 25.2 Å². The quantitative estimate of drug-likeness (QED) is 0.196. The number of amides is 2. The van der Waals surface area contributed by atoms with Crippen molar-refractivity contribution in [3.05, 3.63) is 88.8 Å². The molecule has 228 valence electrons. The maximum Gasteiger partial charge on any atom is 0.260 e. The molecular weight excluding hydrogens is 604 g/mol. The number of carbonyl (C=O) groups excluding carboxylic acids is 2. The van der Waals surface area contributed by atoms with Gasteiger partial charge in [0.05, 0.1) is 42.5 Å². The van der Waals surface area contributed by atoms with Crippen LogP contribution in [-0.4, -0.2) is 73.3 Å². The van der Waals surface area contributed by atoms with E-state index in [1.165, 1.54) is 40.2 Å². The number of aliphatic hydroxyl groups is 1. The Kier molecular flexibility index (Phi) is 7.81. The van der Waals surface area contributed by atoms with Crippen LogP contribution >= 0.6 is 11.6 Å². The van der Waals surface area contributed by atoms with Crippen LogP contribution < -0.4 is 16.0 Å². The molecule has 1 unspecified atom stereocenters. The number of carbonyl (C=O) groups is 2. The summed E-state index contributed by atoms with van der Waals surface area (Å²) in [5.41, 5.74) is 5.42. The molecule has 3 aromatic heterocycles. The van der Waals surface area contributed by atoms with E-state index in [1.807, 2.05) is 6.07 Å². The minimum absolute atomic E-state index is 0.0103. The lowest BCUT2D eigenvalue weighted by molar-refractivity contribution is -0.157. The van der Waals surface area contributed by atoms with Gasteiger partial charge in [-0.25, -0.2) is 9.67 Å². The van der Waals surface area contributed by atoms with Crippen molar-refractivity contribution in [1.29, 1.82) is 5.26 Å². The first kappa shape index (κ1) is 29.6. The number of para-hydroxylation sites is 1. The molecule has 2 aromatic carbocycles. The summed E-state index contributed by atoms with van der Waals surface area (Å²) in [5.74, 6) is -1.24. The van der Waals surface area contributed by atoms with Gasteiger partial charge in [-0.3, -0.25) is 14.5 Å². The molecule has 14 nitrogen and oxygen atoms in total. The van der Waals surface area contributed by atoms with Crippen LogP contribution in [0.4, 0.5) is 11.6 Å². The molecule has 1 fully saturated rings. The van der Waals surface area contributed by atoms with Crippen LogP contribution in [0.1, 0.15) is 21.6 Å². The summed E-state index contributed by atoms with van der Waals surface area (Å²) >= 11 is 6.53. The molecule has 0 bridgehead atoms. The Morgan fingerprint density at radius 3 is 2.87 bits per heavy atom. The molecule has 5 aromatic rings. The number of aromatic nitrogens is 4. The number of nitriles is 1. The van der Waals surface area contributed by atoms with Gasteiger partial charge < -0.3 is 30.5 Å². The summed E-state index contributed by atoms with van der Waals surface area (Å²) in [6, 6.07) is 16.0. The van der Waals surface area contributed by atoms with Crippen LogP contribution in [0.2, 0.25) is 5.02 Å². The van der Waals surface area contributed by atoms with E-state index in [2.05, 4.69) is 20.6 Å². The van der Waals surface area contributed by atoms with Crippen LogP contribution in [0.15, 0.2) is 71.5 Å². The topological polar surface area (TPSA) is 206 Å². The highest BCUT2D eigenvalue weighted by atomic mass is 35.5. The fraction of sp³-hybridized carbons (Fsp3) is 0.200. The molecule has 0 aliphatic carbocycles. The van der Waals surface area contributed by atoms with Crippen molar-refractivity contribution in [2.75, 3.05) is 30.3 Å². The maximum absolute atomic E-state index is 14.0. The van der Waals surface area contributed by atoms with Gasteiger partial charge in [-0.1, -0.05) is 35.0 Å². The number of benzene rings is 2. The molecule has 5 N–H and O–H groups in total. The number of nitrogens with zero attached hydrogens (tertiary/aromatic N) is 6. The number of nitrogens with two attached hydrogens (primary N) is 1. The molecule has 2 atom stereocenters. The number of phenols is 1. The second-order valence-electron chi connectivity index (χ2n) is 10.4. The van der Waals surface area contributed by atoms with E-state index in [0.717, 1.165) is 0 Å². The molecule has 2 amide bonds. The molecule has 1 aliphatic heterocycles. The number of aromatic hydroxyl groups is 1. The molecule has 6 rings (SSSR count). The van der Waals surface area contributed by atoms with Gasteiger partial charge in [-0.2, -0.15) is 5.26 Å². The smallest absolute Gasteiger partial charge is 0.260 e. The van der Waals surface area contributed by atoms with Crippen molar-refractivity contribution in [3.8, 4) is 17.5 Å². The van der Waals surface area contributed by atoms with Gasteiger partial charge in [-0.15, -0.1) is 5.10 Å². The average Bonchev–Trinajstić information content (AvgIpc) is 3.62. The fourth-order valence-electron chi connectivity index (χ4n) is 5.17. The monoisotopic (exact) mass is 628 g/mol. The number of fused-ring (bicyclic) bond motifs is 1. The molecule has 45 heavy (non-hydrogen) atoms. The lowest BCUT2D eigenvalue weighted by Gasteiger charge is -2.40. The van der Waals surface area contributed by atoms with Gasteiger partial charge in [0.1, 0.15) is 28.1 Å². The van der Waals surface area contributed by atoms with Gasteiger partial charge in [0, 0.05) is 18.7 Å². The molecule has 4 heterocycles. The Bertz CT molecular complexity index is 1970. The van der Waals surface area contributed by atoms with E-state index >= 15 is 0 Å². The number of pyridine rings is 1. The maximum atomic E-state index is 14.0. The number of ether oxygens (including phenoxy) is 1. The van der Waals surface area contributed by atoms with Crippen LogP contribution in [-0.2, 0) is 16.0 Å². The van der Waals surface area contributed by atoms with Crippen LogP contribution in [0.5, 0.6) is 5.75 Å². The summed E-state index contributed by atoms with van der Waals surface area (Å²) in [6.07, 6.45) is 1.30. The molecule has 0 radical (unpaired) electrons. The van der Waals surface area contributed by atoms with E-state index in [0.29, 0.717) is 22.2 Å². The zero-order valence-corrected chi connectivity index (χ0v) is 24.2. The third-order valence-electron chi connectivity index (χ3n) is 7.39. The lowest BCUT2D eigenvalue weighted by Crippen LogP contribution is -2.63. The molecule has 15 heteroatoms. The summed E-state index contributed by atoms with van der Waals surface area (Å²) in [6.45, 7) is -0.340. The zero-order valence-electron chi connectivity index (χ0n) is 23.4. The van der Waals surface area contributed by atoms with Crippen molar-refractivity contribution < 1.29 is 29.1 Å². The number of phenolic OH excluding ortho intramolecular Hbond substituents is 1. The van der Waals surface area contributed by atoms with E-state index in [-0.39, 0.29) is 53.2 Å². The third-order valence-corrected chi connectivity index (χ3v) is 7.65. The van der Waals surface area contributed by atoms with Gasteiger partial charge in [0.15, 0.2) is 23.3 Å². The van der Waals surface area contributed by atoms with Gasteiger partial charge in [0.25, 0.3) is 11.8 Å². The minimum atomic E-state index is -2.00. The Labute approximate surface area is 260 Å². The number of morpholine rings is 1. The predicted octanol–water partition coefficient (Wildman–Crippen LogP) is 2.36. The molecule has 0 spiro atoms. The Morgan fingerprint density at radius 2 is 2.07 bits per heavy atom. The molecule has 1 saturated heterocycles. The minimum Gasteiger partial charge on any atom is -0.507 e. The van der Waals surface area contributed by atoms with Crippen molar-refractivity contribution in [3.63, 3.8) is 0 Å². The first-order valence-electron chi connectivity index (χ1n) is 13.6. The van der Waals surface area contributed by atoms with E-state index in [9.17, 15) is 25.1 Å². The highest BCUT2D eigenvalue weighted by molar-refractivity contribution is 6.33. The molecule has 1 aliphatic rings. The lowest BCUT2D eigenvalue weighted by atomic mass is 9.86. The van der Waals surface area contributed by atoms with Crippen LogP contribution in [0, 0.1) is 11.3 Å². The third kappa shape index (κ3) is 5.75. The SMILES string of the molecule is N#Cc1cc(-n2cc(Cl)c(N3CCO[C@H](C(O)(CNC(=O)c4ccccc4O)Cc4ccc5c(N)noc5c4)C3=O)n2)ccn1. The number of anilines is 2. The normalized spacial score (nSPS) is 16.3. The standard InChI is InChI=1S/C30H25ClN8O6/c31-22-15-39(19-7-8-34-18(12-19)14-32)36-27(22)38-9-10-44-25(29(38)42)30(43,16-35-28(41)20-3-1-2-4-23(20)40)13-17-5-6-21-24(11-17)45-37-26(21)33/h1-8,11-12,15,25,40,43H,9-10,13,16H2,(H2,33,37)(H,35,41)/t25-,30?/m0/s1. The van der Waals surface area contributed by atoms with E-state index in [1.54, 1.807) is 36.4 Å². The Morgan fingerprint density at radius 1 is 1.24 bits per heavy atom. The van der Waals surface area contributed by atoms with Gasteiger partial charge in [0.2, 0.25) is 0 Å². The Balaban J connectivity index is 1.32. The predicted molar refractivity (Wildman–Crippen MR) is 161 cm³/mol. The number of nitrogen functional groups attached to an aromatic ring is 1. The summed E-state index contributed by atoms with van der Waals surface area (Å²) < 4.78 is 12.6. The van der Waals surface area contributed by atoms with Gasteiger partial charge in [-0.05, 0) is 35.9 Å². The number of hydrogen-bond acceptors (Lipinski definition) is 11. The number of rotatable bonds is 8. The van der Waals surface area contributed by atoms with E-state index < -0.39 is 30.1 Å². The average molecular weight is 629 g/mol. The largest absolute Gasteiger partial charge is 0.507 e. The van der Waals surface area contributed by atoms with Crippen molar-refractivity contribution in [2.24, 2.45) is 0 Å². The highest BCUT2D eigenvalue weighted by Gasteiger charge is 2.48. The number of halogens is 1. The van der Waals surface area contributed by atoms with Crippen LogP contribution in [0.3, 0.4) is 0 Å². The molecular formula is C30H25ClN8O6. The summed E-state index contributed by atoms with van der Waals surface area (Å²) in [4.78, 5) is 32.3. The first-order valence-corrected chi connectivity index (χ1v) is 14.0. The zero-order chi connectivity index (χ0) is 31.7. The first-order chi connectivity index (χ1) is 21.7. The summed E-state index contributed by atoms with van der Waals surface area (Å²) in [7, 11) is 0. The van der Waals surface area contributed by atoms with Gasteiger partial charge >= 0.3 is 0 Å². The molecule has 0 saturated carbocycles. The van der Waals surface area contributed by atoms with Crippen molar-refractivity contribution in [2.45, 2.75) is 18.1 Å².